The molecule has 4 N–H and O–H groups in total. The highest BCUT2D eigenvalue weighted by molar-refractivity contribution is 6.29. The Labute approximate surface area is 103 Å². The number of halogens is 1. The summed E-state index contributed by atoms with van der Waals surface area (Å²) in [5, 5.41) is 19.6. The van der Waals surface area contributed by atoms with Gasteiger partial charge in [0.25, 0.3) is 0 Å². The molecule has 1 heterocycles. The SMILES string of the molecule is NCC(O)C(O)c1ccc2ncc(Cl)nc2c1. The lowest BCUT2D eigenvalue weighted by atomic mass is 10.0. The van der Waals surface area contributed by atoms with Gasteiger partial charge in [-0.3, -0.25) is 4.98 Å². The van der Waals surface area contributed by atoms with Crippen LogP contribution >= 0.6 is 11.6 Å². The fourth-order valence-corrected chi connectivity index (χ4v) is 1.68. The number of nitrogens with zero attached hydrogens (tertiary/aromatic N) is 2. The molecule has 0 aliphatic heterocycles. The van der Waals surface area contributed by atoms with Crippen LogP contribution in [0.3, 0.4) is 0 Å². The summed E-state index contributed by atoms with van der Waals surface area (Å²) < 4.78 is 0. The number of nitrogens with two attached hydrogens (primary N) is 1. The maximum atomic E-state index is 9.81. The van der Waals surface area contributed by atoms with E-state index >= 15 is 0 Å². The lowest BCUT2D eigenvalue weighted by molar-refractivity contribution is 0.0244. The molecule has 17 heavy (non-hydrogen) atoms. The van der Waals surface area contributed by atoms with Crippen molar-refractivity contribution in [1.82, 2.24) is 9.97 Å². The second kappa shape index (κ2) is 4.93. The minimum Gasteiger partial charge on any atom is -0.389 e. The lowest BCUT2D eigenvalue weighted by Crippen LogP contribution is -2.27. The molecule has 0 amide bonds. The average Bonchev–Trinajstić information content (AvgIpc) is 2.36. The van der Waals surface area contributed by atoms with Crippen LogP contribution in [0.5, 0.6) is 0 Å². The Morgan fingerprint density at radius 1 is 1.29 bits per heavy atom. The number of hydrogen-bond acceptors (Lipinski definition) is 5. The molecule has 0 fully saturated rings. The minimum atomic E-state index is -1.04. The molecule has 0 aliphatic carbocycles. The molecule has 90 valence electrons. The Kier molecular flexibility index (Phi) is 3.54. The number of aliphatic hydroxyl groups excluding tert-OH is 2. The summed E-state index contributed by atoms with van der Waals surface area (Å²) in [5.74, 6) is 0. The highest BCUT2D eigenvalue weighted by atomic mass is 35.5. The quantitative estimate of drug-likeness (QED) is 0.746. The van der Waals surface area contributed by atoms with Gasteiger partial charge in [0.2, 0.25) is 0 Å². The Balaban J connectivity index is 2.43. The van der Waals surface area contributed by atoms with E-state index < -0.39 is 12.2 Å². The van der Waals surface area contributed by atoms with Crippen molar-refractivity contribution < 1.29 is 10.2 Å². The molecule has 1 aromatic heterocycles. The van der Waals surface area contributed by atoms with Crippen molar-refractivity contribution >= 4 is 22.6 Å². The van der Waals surface area contributed by atoms with Crippen molar-refractivity contribution in [2.45, 2.75) is 12.2 Å². The van der Waals surface area contributed by atoms with Gasteiger partial charge in [0, 0.05) is 6.54 Å². The number of fused-ring (bicyclic) bond motifs is 1. The van der Waals surface area contributed by atoms with E-state index in [9.17, 15) is 10.2 Å². The van der Waals surface area contributed by atoms with Gasteiger partial charge < -0.3 is 15.9 Å². The molecule has 0 radical (unpaired) electrons. The van der Waals surface area contributed by atoms with Gasteiger partial charge in [0.15, 0.2) is 0 Å². The van der Waals surface area contributed by atoms with Gasteiger partial charge in [0.05, 0.1) is 23.3 Å². The summed E-state index contributed by atoms with van der Waals surface area (Å²) in [4.78, 5) is 8.17. The normalized spacial score (nSPS) is 14.8. The molecule has 6 heteroatoms. The Morgan fingerprint density at radius 2 is 2.06 bits per heavy atom. The summed E-state index contributed by atoms with van der Waals surface area (Å²) >= 11 is 5.73. The van der Waals surface area contributed by atoms with Crippen molar-refractivity contribution in [1.29, 1.82) is 0 Å². The maximum Gasteiger partial charge on any atom is 0.148 e. The molecular formula is C11H12ClN3O2. The molecule has 2 atom stereocenters. The zero-order valence-corrected chi connectivity index (χ0v) is 9.67. The van der Waals surface area contributed by atoms with Gasteiger partial charge in [-0.25, -0.2) is 4.98 Å². The van der Waals surface area contributed by atoms with E-state index in [1.807, 2.05) is 0 Å². The van der Waals surface area contributed by atoms with E-state index in [0.717, 1.165) is 0 Å². The van der Waals surface area contributed by atoms with Crippen LogP contribution in [-0.4, -0.2) is 32.8 Å². The molecule has 0 saturated carbocycles. The van der Waals surface area contributed by atoms with Crippen LogP contribution in [0.15, 0.2) is 24.4 Å². The van der Waals surface area contributed by atoms with Crippen molar-refractivity contribution in [3.8, 4) is 0 Å². The van der Waals surface area contributed by atoms with E-state index in [-0.39, 0.29) is 11.7 Å². The van der Waals surface area contributed by atoms with Gasteiger partial charge >= 0.3 is 0 Å². The van der Waals surface area contributed by atoms with E-state index in [4.69, 9.17) is 17.3 Å². The first-order valence-corrected chi connectivity index (χ1v) is 5.48. The number of rotatable bonds is 3. The van der Waals surface area contributed by atoms with E-state index in [1.165, 1.54) is 6.20 Å². The Bertz CT molecular complexity index is 535. The molecule has 5 nitrogen and oxygen atoms in total. The fraction of sp³-hybridized carbons (Fsp3) is 0.273. The van der Waals surface area contributed by atoms with Crippen molar-refractivity contribution in [2.24, 2.45) is 5.73 Å². The minimum absolute atomic E-state index is 0.0135. The lowest BCUT2D eigenvalue weighted by Gasteiger charge is -2.16. The molecule has 0 saturated heterocycles. The molecule has 0 aliphatic rings. The molecule has 0 bridgehead atoms. The highest BCUT2D eigenvalue weighted by Gasteiger charge is 2.17. The van der Waals surface area contributed by atoms with Crippen LogP contribution < -0.4 is 5.73 Å². The average molecular weight is 254 g/mol. The van der Waals surface area contributed by atoms with Gasteiger partial charge in [-0.2, -0.15) is 0 Å². The molecule has 0 spiro atoms. The van der Waals surface area contributed by atoms with Crippen LogP contribution in [0, 0.1) is 0 Å². The molecule has 1 aromatic carbocycles. The van der Waals surface area contributed by atoms with Gasteiger partial charge in [-0.15, -0.1) is 0 Å². The molecular weight excluding hydrogens is 242 g/mol. The number of aliphatic hydroxyl groups is 2. The predicted molar refractivity (Wildman–Crippen MR) is 64.6 cm³/mol. The fourth-order valence-electron chi connectivity index (χ4n) is 1.54. The maximum absolute atomic E-state index is 9.81. The first kappa shape index (κ1) is 12.2. The van der Waals surface area contributed by atoms with Crippen LogP contribution in [0.4, 0.5) is 0 Å². The second-order valence-corrected chi connectivity index (χ2v) is 4.08. The van der Waals surface area contributed by atoms with Crippen LogP contribution in [0.2, 0.25) is 5.15 Å². The second-order valence-electron chi connectivity index (χ2n) is 3.69. The molecule has 2 aromatic rings. The third kappa shape index (κ3) is 2.53. The summed E-state index contributed by atoms with van der Waals surface area (Å²) in [6.45, 7) is -0.0135. The van der Waals surface area contributed by atoms with Gasteiger partial charge in [-0.1, -0.05) is 17.7 Å². The summed E-state index contributed by atoms with van der Waals surface area (Å²) in [6, 6.07) is 5.02. The smallest absolute Gasteiger partial charge is 0.148 e. The topological polar surface area (TPSA) is 92.3 Å². The van der Waals surface area contributed by atoms with Gasteiger partial charge in [-0.05, 0) is 17.7 Å². The van der Waals surface area contributed by atoms with E-state index in [2.05, 4.69) is 9.97 Å². The van der Waals surface area contributed by atoms with E-state index in [0.29, 0.717) is 16.6 Å². The summed E-state index contributed by atoms with van der Waals surface area (Å²) in [5.41, 5.74) is 7.06. The Morgan fingerprint density at radius 3 is 2.76 bits per heavy atom. The van der Waals surface area contributed by atoms with Crippen molar-refractivity contribution in [3.05, 3.63) is 35.1 Å². The zero-order chi connectivity index (χ0) is 12.4. The van der Waals surface area contributed by atoms with Crippen LogP contribution in [-0.2, 0) is 0 Å². The Hall–Kier alpha value is -1.27. The third-order valence-electron chi connectivity index (χ3n) is 2.48. The summed E-state index contributed by atoms with van der Waals surface area (Å²) in [7, 11) is 0. The third-order valence-corrected chi connectivity index (χ3v) is 2.67. The zero-order valence-electron chi connectivity index (χ0n) is 8.92. The monoisotopic (exact) mass is 253 g/mol. The molecule has 2 unspecified atom stereocenters. The largest absolute Gasteiger partial charge is 0.389 e. The number of benzene rings is 1. The predicted octanol–water partition coefficient (Wildman–Crippen LogP) is 0.636. The van der Waals surface area contributed by atoms with Crippen molar-refractivity contribution in [2.75, 3.05) is 6.54 Å². The molecule has 2 rings (SSSR count). The van der Waals surface area contributed by atoms with Crippen molar-refractivity contribution in [3.63, 3.8) is 0 Å². The summed E-state index contributed by atoms with van der Waals surface area (Å²) in [6.07, 6.45) is -0.584. The van der Waals surface area contributed by atoms with Gasteiger partial charge in [0.1, 0.15) is 11.3 Å². The number of hydrogen-bond donors (Lipinski definition) is 3. The van der Waals surface area contributed by atoms with E-state index in [1.54, 1.807) is 18.2 Å². The van der Waals surface area contributed by atoms with Crippen LogP contribution in [0.1, 0.15) is 11.7 Å². The standard InChI is InChI=1S/C11H12ClN3O2/c12-10-5-14-7-2-1-6(3-8(7)15-10)11(17)9(16)4-13/h1-3,5,9,11,16-17H,4,13H2. The van der Waals surface area contributed by atoms with Crippen LogP contribution in [0.25, 0.3) is 11.0 Å². The first-order valence-electron chi connectivity index (χ1n) is 5.10. The first-order chi connectivity index (χ1) is 8.11. The number of aromatic nitrogens is 2. The highest BCUT2D eigenvalue weighted by Crippen LogP contribution is 2.21.